The van der Waals surface area contributed by atoms with Crippen LogP contribution in [0.25, 0.3) is 0 Å². The standard InChI is InChI=1S/C26H30N2O2/c1-20-8-6-11-22(14-20)23-15-24(26(29)27(2)19-25-12-7-13-30-25)18-28(17-23)16-21-9-4-3-5-10-21/h3-14,23-24H,15-19H2,1-2H3. The maximum absolute atomic E-state index is 13.3. The molecule has 2 heterocycles. The summed E-state index contributed by atoms with van der Waals surface area (Å²) in [7, 11) is 1.88. The van der Waals surface area contributed by atoms with Crippen molar-refractivity contribution in [1.29, 1.82) is 0 Å². The number of aryl methyl sites for hydroxylation is 1. The molecular weight excluding hydrogens is 372 g/mol. The number of benzene rings is 2. The minimum absolute atomic E-state index is 0.0204. The Morgan fingerprint density at radius 3 is 2.63 bits per heavy atom. The Morgan fingerprint density at radius 1 is 1.07 bits per heavy atom. The molecule has 1 aliphatic rings. The van der Waals surface area contributed by atoms with Gasteiger partial charge in [0, 0.05) is 26.7 Å². The molecule has 2 aromatic carbocycles. The lowest BCUT2D eigenvalue weighted by Crippen LogP contribution is -2.45. The summed E-state index contributed by atoms with van der Waals surface area (Å²) in [6, 6.07) is 23.0. The summed E-state index contributed by atoms with van der Waals surface area (Å²) in [6.45, 7) is 5.28. The van der Waals surface area contributed by atoms with Crippen molar-refractivity contribution in [1.82, 2.24) is 9.80 Å². The zero-order valence-electron chi connectivity index (χ0n) is 17.8. The maximum atomic E-state index is 13.3. The van der Waals surface area contributed by atoms with Crippen LogP contribution in [0.5, 0.6) is 0 Å². The Bertz CT molecular complexity index is 952. The number of furan rings is 1. The Labute approximate surface area is 179 Å². The second kappa shape index (κ2) is 9.31. The van der Waals surface area contributed by atoms with Crippen LogP contribution in [0.4, 0.5) is 0 Å². The van der Waals surface area contributed by atoms with E-state index in [-0.39, 0.29) is 11.8 Å². The molecule has 0 bridgehead atoms. The normalized spacial score (nSPS) is 19.5. The zero-order valence-corrected chi connectivity index (χ0v) is 17.8. The lowest BCUT2D eigenvalue weighted by molar-refractivity contribution is -0.137. The van der Waals surface area contributed by atoms with Gasteiger partial charge in [-0.15, -0.1) is 0 Å². The van der Waals surface area contributed by atoms with Gasteiger partial charge in [0.2, 0.25) is 5.91 Å². The van der Waals surface area contributed by atoms with Gasteiger partial charge >= 0.3 is 0 Å². The topological polar surface area (TPSA) is 36.7 Å². The lowest BCUT2D eigenvalue weighted by Gasteiger charge is -2.38. The monoisotopic (exact) mass is 402 g/mol. The lowest BCUT2D eigenvalue weighted by atomic mass is 9.83. The zero-order chi connectivity index (χ0) is 20.9. The Morgan fingerprint density at radius 2 is 1.90 bits per heavy atom. The van der Waals surface area contributed by atoms with E-state index in [2.05, 4.69) is 60.4 Å². The van der Waals surface area contributed by atoms with Gasteiger partial charge in [-0.05, 0) is 42.5 Å². The number of likely N-dealkylation sites (tertiary alicyclic amines) is 1. The molecule has 0 radical (unpaired) electrons. The molecule has 0 N–H and O–H groups in total. The predicted octanol–water partition coefficient (Wildman–Crippen LogP) is 4.85. The van der Waals surface area contributed by atoms with Crippen molar-refractivity contribution in [2.24, 2.45) is 5.92 Å². The molecule has 1 aliphatic heterocycles. The first-order valence-corrected chi connectivity index (χ1v) is 10.7. The van der Waals surface area contributed by atoms with E-state index in [0.717, 1.165) is 31.8 Å². The number of carbonyl (C=O) groups is 1. The fourth-order valence-electron chi connectivity index (χ4n) is 4.53. The molecule has 0 saturated carbocycles. The first-order chi connectivity index (χ1) is 14.6. The summed E-state index contributed by atoms with van der Waals surface area (Å²) in [5.74, 6) is 1.35. The smallest absolute Gasteiger partial charge is 0.227 e. The van der Waals surface area contributed by atoms with E-state index >= 15 is 0 Å². The fraction of sp³-hybridized carbons (Fsp3) is 0.346. The van der Waals surface area contributed by atoms with Crippen LogP contribution < -0.4 is 0 Å². The quantitative estimate of drug-likeness (QED) is 0.591. The highest BCUT2D eigenvalue weighted by Gasteiger charge is 2.34. The number of piperidine rings is 1. The predicted molar refractivity (Wildman–Crippen MR) is 119 cm³/mol. The van der Waals surface area contributed by atoms with Crippen molar-refractivity contribution >= 4 is 5.91 Å². The third-order valence-electron chi connectivity index (χ3n) is 5.99. The minimum Gasteiger partial charge on any atom is -0.467 e. The Kier molecular flexibility index (Phi) is 6.34. The van der Waals surface area contributed by atoms with E-state index in [1.165, 1.54) is 16.7 Å². The van der Waals surface area contributed by atoms with E-state index < -0.39 is 0 Å². The summed E-state index contributed by atoms with van der Waals surface area (Å²) in [6.07, 6.45) is 2.54. The van der Waals surface area contributed by atoms with E-state index in [1.54, 1.807) is 6.26 Å². The van der Waals surface area contributed by atoms with Gasteiger partial charge in [-0.25, -0.2) is 0 Å². The fourth-order valence-corrected chi connectivity index (χ4v) is 4.53. The average molecular weight is 403 g/mol. The van der Waals surface area contributed by atoms with Crippen LogP contribution in [-0.4, -0.2) is 35.8 Å². The maximum Gasteiger partial charge on any atom is 0.227 e. The molecule has 1 amide bonds. The number of rotatable bonds is 6. The highest BCUT2D eigenvalue weighted by Crippen LogP contribution is 2.32. The van der Waals surface area contributed by atoms with Crippen molar-refractivity contribution in [2.45, 2.75) is 32.4 Å². The molecule has 4 nitrogen and oxygen atoms in total. The molecule has 0 spiro atoms. The number of amides is 1. The summed E-state index contributed by atoms with van der Waals surface area (Å²) >= 11 is 0. The van der Waals surface area contributed by atoms with Crippen LogP contribution in [0.3, 0.4) is 0 Å². The van der Waals surface area contributed by atoms with Crippen LogP contribution in [0, 0.1) is 12.8 Å². The Balaban J connectivity index is 1.53. The SMILES string of the molecule is Cc1cccc(C2CC(C(=O)N(C)Cc3ccco3)CN(Cc3ccccc3)C2)c1. The molecule has 30 heavy (non-hydrogen) atoms. The number of hydrogen-bond donors (Lipinski definition) is 0. The van der Waals surface area contributed by atoms with Crippen molar-refractivity contribution in [3.05, 3.63) is 95.4 Å². The first kappa shape index (κ1) is 20.4. The van der Waals surface area contributed by atoms with E-state index in [9.17, 15) is 4.79 Å². The molecule has 1 saturated heterocycles. The van der Waals surface area contributed by atoms with Crippen LogP contribution in [0.2, 0.25) is 0 Å². The molecule has 2 atom stereocenters. The molecule has 4 heteroatoms. The van der Waals surface area contributed by atoms with Crippen LogP contribution in [0.1, 0.15) is 34.8 Å². The van der Waals surface area contributed by atoms with Crippen LogP contribution >= 0.6 is 0 Å². The molecule has 0 aliphatic carbocycles. The van der Waals surface area contributed by atoms with Gasteiger partial charge in [-0.3, -0.25) is 9.69 Å². The van der Waals surface area contributed by atoms with Gasteiger partial charge in [-0.2, -0.15) is 0 Å². The molecule has 1 fully saturated rings. The molecule has 4 rings (SSSR count). The number of carbonyl (C=O) groups excluding carboxylic acids is 1. The molecular formula is C26H30N2O2. The van der Waals surface area contributed by atoms with Crippen molar-refractivity contribution in [3.63, 3.8) is 0 Å². The molecule has 3 aromatic rings. The van der Waals surface area contributed by atoms with E-state index in [4.69, 9.17) is 4.42 Å². The van der Waals surface area contributed by atoms with Crippen LogP contribution in [-0.2, 0) is 17.9 Å². The first-order valence-electron chi connectivity index (χ1n) is 10.7. The molecule has 1 aromatic heterocycles. The van der Waals surface area contributed by atoms with Gasteiger partial charge in [0.15, 0.2) is 0 Å². The van der Waals surface area contributed by atoms with Gasteiger partial charge in [0.05, 0.1) is 18.7 Å². The summed E-state index contributed by atoms with van der Waals surface area (Å²) in [5, 5.41) is 0. The molecule has 156 valence electrons. The van der Waals surface area contributed by atoms with Gasteiger partial charge in [0.25, 0.3) is 0 Å². The molecule has 2 unspecified atom stereocenters. The number of hydrogen-bond acceptors (Lipinski definition) is 3. The Hall–Kier alpha value is -2.85. The summed E-state index contributed by atoms with van der Waals surface area (Å²) in [4.78, 5) is 17.6. The summed E-state index contributed by atoms with van der Waals surface area (Å²) in [5.41, 5.74) is 3.89. The minimum atomic E-state index is -0.0204. The van der Waals surface area contributed by atoms with E-state index in [1.807, 2.05) is 30.1 Å². The third-order valence-corrected chi connectivity index (χ3v) is 5.99. The van der Waals surface area contributed by atoms with Gasteiger partial charge < -0.3 is 9.32 Å². The van der Waals surface area contributed by atoms with E-state index in [0.29, 0.717) is 12.5 Å². The van der Waals surface area contributed by atoms with Gasteiger partial charge in [0.1, 0.15) is 5.76 Å². The van der Waals surface area contributed by atoms with Crippen LogP contribution in [0.15, 0.2) is 77.4 Å². The number of nitrogens with zero attached hydrogens (tertiary/aromatic N) is 2. The van der Waals surface area contributed by atoms with Gasteiger partial charge in [-0.1, -0.05) is 60.2 Å². The second-order valence-corrected chi connectivity index (χ2v) is 8.50. The highest BCUT2D eigenvalue weighted by atomic mass is 16.3. The average Bonchev–Trinajstić information content (AvgIpc) is 3.26. The second-order valence-electron chi connectivity index (χ2n) is 8.50. The largest absolute Gasteiger partial charge is 0.467 e. The van der Waals surface area contributed by atoms with Crippen molar-refractivity contribution in [3.8, 4) is 0 Å². The van der Waals surface area contributed by atoms with Crippen molar-refractivity contribution in [2.75, 3.05) is 20.1 Å². The summed E-state index contributed by atoms with van der Waals surface area (Å²) < 4.78 is 5.44. The van der Waals surface area contributed by atoms with Crippen molar-refractivity contribution < 1.29 is 9.21 Å². The third kappa shape index (κ3) is 5.00. The highest BCUT2D eigenvalue weighted by molar-refractivity contribution is 5.79.